The molecule has 0 unspecified atom stereocenters. The van der Waals surface area contributed by atoms with E-state index in [9.17, 15) is 9.90 Å². The molecule has 1 aromatic rings. The minimum atomic E-state index is -0.893. The van der Waals surface area contributed by atoms with Crippen LogP contribution in [0.25, 0.3) is 0 Å². The van der Waals surface area contributed by atoms with Crippen molar-refractivity contribution in [3.05, 3.63) is 23.8 Å². The number of aromatic carboxylic acids is 1. The Kier molecular flexibility index (Phi) is 6.16. The molecule has 0 spiro atoms. The van der Waals surface area contributed by atoms with Gasteiger partial charge in [-0.15, -0.1) is 23.6 Å². The molecule has 3 nitrogen and oxygen atoms in total. The third kappa shape index (κ3) is 4.01. The van der Waals surface area contributed by atoms with Crippen LogP contribution >= 0.6 is 11.8 Å². The number of thioether (sulfide) groups is 1. The van der Waals surface area contributed by atoms with E-state index in [2.05, 4.69) is 17.2 Å². The zero-order valence-electron chi connectivity index (χ0n) is 10.6. The molecule has 2 N–H and O–H groups in total. The SMILES string of the molecule is CC#CCCNc1cccc(SCC)c1C(=O)O. The first-order valence-corrected chi connectivity index (χ1v) is 6.81. The Morgan fingerprint density at radius 1 is 1.50 bits per heavy atom. The highest BCUT2D eigenvalue weighted by Crippen LogP contribution is 2.28. The predicted octanol–water partition coefficient (Wildman–Crippen LogP) is 3.32. The van der Waals surface area contributed by atoms with Gasteiger partial charge in [-0.05, 0) is 24.8 Å². The molecule has 0 bridgehead atoms. The van der Waals surface area contributed by atoms with Crippen molar-refractivity contribution >= 4 is 23.4 Å². The molecule has 0 fully saturated rings. The molecule has 1 rings (SSSR count). The topological polar surface area (TPSA) is 49.3 Å². The molecular weight excluding hydrogens is 246 g/mol. The number of benzene rings is 1. The molecule has 0 heterocycles. The average Bonchev–Trinajstić information content (AvgIpc) is 2.35. The molecular formula is C14H17NO2S. The summed E-state index contributed by atoms with van der Waals surface area (Å²) in [6.45, 7) is 4.45. The molecule has 0 amide bonds. The Bertz CT molecular complexity index is 474. The van der Waals surface area contributed by atoms with Crippen molar-refractivity contribution in [2.45, 2.75) is 25.2 Å². The van der Waals surface area contributed by atoms with Crippen molar-refractivity contribution in [1.82, 2.24) is 0 Å². The van der Waals surface area contributed by atoms with Crippen LogP contribution in [0, 0.1) is 11.8 Å². The van der Waals surface area contributed by atoms with Crippen molar-refractivity contribution in [2.75, 3.05) is 17.6 Å². The molecule has 0 atom stereocenters. The Hall–Kier alpha value is -1.60. The lowest BCUT2D eigenvalue weighted by Gasteiger charge is -2.11. The fourth-order valence-electron chi connectivity index (χ4n) is 1.56. The van der Waals surface area contributed by atoms with Gasteiger partial charge in [-0.1, -0.05) is 13.0 Å². The first kappa shape index (κ1) is 14.5. The monoisotopic (exact) mass is 263 g/mol. The number of carboxylic acid groups (broad SMARTS) is 1. The molecule has 0 radical (unpaired) electrons. The van der Waals surface area contributed by atoms with E-state index in [1.54, 1.807) is 13.0 Å². The number of hydrogen-bond acceptors (Lipinski definition) is 3. The third-order valence-electron chi connectivity index (χ3n) is 2.28. The second-order valence-corrected chi connectivity index (χ2v) is 4.83. The first-order chi connectivity index (χ1) is 8.70. The van der Waals surface area contributed by atoms with E-state index in [1.807, 2.05) is 19.1 Å². The van der Waals surface area contributed by atoms with E-state index in [0.29, 0.717) is 24.2 Å². The Morgan fingerprint density at radius 2 is 2.28 bits per heavy atom. The maximum absolute atomic E-state index is 11.3. The minimum absolute atomic E-state index is 0.355. The van der Waals surface area contributed by atoms with Crippen LogP contribution in [0.15, 0.2) is 23.1 Å². The molecule has 4 heteroatoms. The maximum Gasteiger partial charge on any atom is 0.338 e. The first-order valence-electron chi connectivity index (χ1n) is 5.83. The largest absolute Gasteiger partial charge is 0.478 e. The summed E-state index contributed by atoms with van der Waals surface area (Å²) in [7, 11) is 0. The van der Waals surface area contributed by atoms with Crippen LogP contribution in [-0.4, -0.2) is 23.4 Å². The molecule has 0 saturated carbocycles. The van der Waals surface area contributed by atoms with Gasteiger partial charge in [0.2, 0.25) is 0 Å². The van der Waals surface area contributed by atoms with Crippen molar-refractivity contribution in [3.8, 4) is 11.8 Å². The zero-order chi connectivity index (χ0) is 13.4. The van der Waals surface area contributed by atoms with E-state index in [4.69, 9.17) is 0 Å². The van der Waals surface area contributed by atoms with Gasteiger partial charge in [-0.2, -0.15) is 0 Å². The van der Waals surface area contributed by atoms with Crippen molar-refractivity contribution < 1.29 is 9.90 Å². The summed E-state index contributed by atoms with van der Waals surface area (Å²) in [5.41, 5.74) is 1.02. The Labute approximate surface area is 112 Å². The highest BCUT2D eigenvalue weighted by molar-refractivity contribution is 7.99. The summed E-state index contributed by atoms with van der Waals surface area (Å²) in [6.07, 6.45) is 0.709. The molecule has 0 aliphatic carbocycles. The summed E-state index contributed by atoms with van der Waals surface area (Å²) < 4.78 is 0. The van der Waals surface area contributed by atoms with Gasteiger partial charge in [0.15, 0.2) is 0 Å². The van der Waals surface area contributed by atoms with Crippen LogP contribution in [0.5, 0.6) is 0 Å². The Morgan fingerprint density at radius 3 is 2.89 bits per heavy atom. The van der Waals surface area contributed by atoms with Crippen LogP contribution in [0.1, 0.15) is 30.6 Å². The smallest absolute Gasteiger partial charge is 0.338 e. The van der Waals surface area contributed by atoms with Crippen LogP contribution in [0.4, 0.5) is 5.69 Å². The maximum atomic E-state index is 11.3. The van der Waals surface area contributed by atoms with Gasteiger partial charge in [0, 0.05) is 23.5 Å². The van der Waals surface area contributed by atoms with Crippen molar-refractivity contribution in [2.24, 2.45) is 0 Å². The summed E-state index contributed by atoms with van der Waals surface area (Å²) in [5, 5.41) is 12.4. The number of anilines is 1. The number of rotatable bonds is 6. The number of carbonyl (C=O) groups is 1. The molecule has 1 aromatic carbocycles. The fraction of sp³-hybridized carbons (Fsp3) is 0.357. The minimum Gasteiger partial charge on any atom is -0.478 e. The Balaban J connectivity index is 2.90. The quantitative estimate of drug-likeness (QED) is 0.469. The lowest BCUT2D eigenvalue weighted by molar-refractivity contribution is 0.0694. The third-order valence-corrected chi connectivity index (χ3v) is 3.22. The van der Waals surface area contributed by atoms with Gasteiger partial charge in [-0.3, -0.25) is 0 Å². The van der Waals surface area contributed by atoms with Crippen LogP contribution in [0.2, 0.25) is 0 Å². The number of hydrogen-bond donors (Lipinski definition) is 2. The second kappa shape index (κ2) is 7.67. The fourth-order valence-corrected chi connectivity index (χ4v) is 2.39. The van der Waals surface area contributed by atoms with E-state index >= 15 is 0 Å². The molecule has 0 aromatic heterocycles. The summed E-state index contributed by atoms with van der Waals surface area (Å²) in [4.78, 5) is 12.1. The van der Waals surface area contributed by atoms with Crippen molar-refractivity contribution in [1.29, 1.82) is 0 Å². The van der Waals surface area contributed by atoms with Gasteiger partial charge in [-0.25, -0.2) is 4.79 Å². The number of nitrogens with one attached hydrogen (secondary N) is 1. The number of carboxylic acids is 1. The average molecular weight is 263 g/mol. The summed E-state index contributed by atoms with van der Waals surface area (Å²) in [5.74, 6) is 5.71. The van der Waals surface area contributed by atoms with E-state index < -0.39 is 5.97 Å². The molecule has 0 aliphatic heterocycles. The van der Waals surface area contributed by atoms with Gasteiger partial charge < -0.3 is 10.4 Å². The van der Waals surface area contributed by atoms with Gasteiger partial charge in [0.25, 0.3) is 0 Å². The summed E-state index contributed by atoms with van der Waals surface area (Å²) >= 11 is 1.54. The van der Waals surface area contributed by atoms with Crippen LogP contribution < -0.4 is 5.32 Å². The van der Waals surface area contributed by atoms with Crippen LogP contribution in [0.3, 0.4) is 0 Å². The summed E-state index contributed by atoms with van der Waals surface area (Å²) in [6, 6.07) is 5.51. The molecule has 0 aliphatic rings. The van der Waals surface area contributed by atoms with E-state index in [0.717, 1.165) is 10.6 Å². The molecule has 0 saturated heterocycles. The van der Waals surface area contributed by atoms with Gasteiger partial charge in [0.05, 0.1) is 5.56 Å². The van der Waals surface area contributed by atoms with E-state index in [-0.39, 0.29) is 0 Å². The molecule has 96 valence electrons. The zero-order valence-corrected chi connectivity index (χ0v) is 11.4. The van der Waals surface area contributed by atoms with E-state index in [1.165, 1.54) is 11.8 Å². The second-order valence-electron chi connectivity index (χ2n) is 3.52. The highest BCUT2D eigenvalue weighted by atomic mass is 32.2. The van der Waals surface area contributed by atoms with Gasteiger partial charge >= 0.3 is 5.97 Å². The van der Waals surface area contributed by atoms with Crippen molar-refractivity contribution in [3.63, 3.8) is 0 Å². The standard InChI is InChI=1S/C14H17NO2S/c1-3-5-6-10-15-11-8-7-9-12(18-4-2)13(11)14(16)17/h7-9,15H,4,6,10H2,1-2H3,(H,16,17). The highest BCUT2D eigenvalue weighted by Gasteiger charge is 2.14. The lowest BCUT2D eigenvalue weighted by Crippen LogP contribution is -2.08. The normalized spacial score (nSPS) is 9.44. The lowest BCUT2D eigenvalue weighted by atomic mass is 10.1. The predicted molar refractivity (Wildman–Crippen MR) is 76.4 cm³/mol. The van der Waals surface area contributed by atoms with Gasteiger partial charge in [0.1, 0.15) is 0 Å². The van der Waals surface area contributed by atoms with Crippen LogP contribution in [-0.2, 0) is 0 Å². The molecule has 18 heavy (non-hydrogen) atoms.